The van der Waals surface area contributed by atoms with Gasteiger partial charge in [-0.1, -0.05) is 12.1 Å². The summed E-state index contributed by atoms with van der Waals surface area (Å²) in [5.74, 6) is 0.618. The molecule has 1 saturated heterocycles. The van der Waals surface area contributed by atoms with Crippen LogP contribution in [-0.4, -0.2) is 49.6 Å². The van der Waals surface area contributed by atoms with E-state index in [1.165, 1.54) is 18.9 Å². The quantitative estimate of drug-likeness (QED) is 0.902. The molecule has 1 aromatic carbocycles. The monoisotopic (exact) mass is 305 g/mol. The van der Waals surface area contributed by atoms with Crippen LogP contribution in [0.1, 0.15) is 19.8 Å². The van der Waals surface area contributed by atoms with Gasteiger partial charge < -0.3 is 10.2 Å². The Hall–Kier alpha value is -1.62. The van der Waals surface area contributed by atoms with E-state index in [2.05, 4.69) is 22.0 Å². The van der Waals surface area contributed by atoms with Crippen LogP contribution in [0.2, 0.25) is 0 Å². The summed E-state index contributed by atoms with van der Waals surface area (Å²) < 4.78 is 13.8. The number of hydrogen-bond acceptors (Lipinski definition) is 3. The van der Waals surface area contributed by atoms with Crippen molar-refractivity contribution >= 4 is 11.6 Å². The number of carbonyl (C=O) groups is 1. The van der Waals surface area contributed by atoms with Gasteiger partial charge in [-0.15, -0.1) is 0 Å². The lowest BCUT2D eigenvalue weighted by Crippen LogP contribution is -2.50. The van der Waals surface area contributed by atoms with Crippen molar-refractivity contribution in [3.05, 3.63) is 30.1 Å². The molecule has 22 heavy (non-hydrogen) atoms. The van der Waals surface area contributed by atoms with Gasteiger partial charge in [-0.3, -0.25) is 9.69 Å². The van der Waals surface area contributed by atoms with Crippen molar-refractivity contribution in [1.82, 2.24) is 10.2 Å². The molecule has 1 heterocycles. The second-order valence-corrected chi connectivity index (χ2v) is 6.41. The third-order valence-corrected chi connectivity index (χ3v) is 4.65. The first-order valence-corrected chi connectivity index (χ1v) is 8.14. The molecule has 1 aliphatic heterocycles. The van der Waals surface area contributed by atoms with Crippen molar-refractivity contribution < 1.29 is 9.18 Å². The topological polar surface area (TPSA) is 35.6 Å². The number of para-hydroxylation sites is 1. The number of piperazine rings is 1. The maximum Gasteiger partial charge on any atom is 0.234 e. The zero-order valence-corrected chi connectivity index (χ0v) is 13.1. The summed E-state index contributed by atoms with van der Waals surface area (Å²) in [4.78, 5) is 16.2. The van der Waals surface area contributed by atoms with Gasteiger partial charge in [0.25, 0.3) is 0 Å². The molecule has 1 amide bonds. The summed E-state index contributed by atoms with van der Waals surface area (Å²) >= 11 is 0. The number of hydrogen-bond donors (Lipinski definition) is 1. The predicted molar refractivity (Wildman–Crippen MR) is 85.4 cm³/mol. The molecular weight excluding hydrogens is 281 g/mol. The highest BCUT2D eigenvalue weighted by atomic mass is 19.1. The van der Waals surface area contributed by atoms with E-state index in [4.69, 9.17) is 0 Å². The molecule has 120 valence electrons. The predicted octanol–water partition coefficient (Wildman–Crippen LogP) is 1.86. The van der Waals surface area contributed by atoms with Crippen molar-refractivity contribution in [2.75, 3.05) is 37.6 Å². The third kappa shape index (κ3) is 3.77. The average Bonchev–Trinajstić information content (AvgIpc) is 3.33. The van der Waals surface area contributed by atoms with Crippen LogP contribution in [0, 0.1) is 11.7 Å². The van der Waals surface area contributed by atoms with Crippen LogP contribution in [-0.2, 0) is 4.79 Å². The highest BCUT2D eigenvalue weighted by molar-refractivity contribution is 5.78. The lowest BCUT2D eigenvalue weighted by molar-refractivity contribution is -0.123. The van der Waals surface area contributed by atoms with Crippen molar-refractivity contribution in [1.29, 1.82) is 0 Å². The maximum absolute atomic E-state index is 13.8. The number of rotatable bonds is 5. The summed E-state index contributed by atoms with van der Waals surface area (Å²) in [6.07, 6.45) is 2.48. The minimum absolute atomic E-state index is 0.110. The van der Waals surface area contributed by atoms with E-state index in [9.17, 15) is 9.18 Å². The Morgan fingerprint density at radius 3 is 2.59 bits per heavy atom. The number of anilines is 1. The Morgan fingerprint density at radius 2 is 1.95 bits per heavy atom. The Labute approximate surface area is 131 Å². The van der Waals surface area contributed by atoms with Gasteiger partial charge in [-0.05, 0) is 37.8 Å². The molecule has 0 radical (unpaired) electrons. The van der Waals surface area contributed by atoms with Crippen molar-refractivity contribution in [2.24, 2.45) is 5.92 Å². The lowest BCUT2D eigenvalue weighted by Gasteiger charge is -2.36. The van der Waals surface area contributed by atoms with E-state index < -0.39 is 0 Å². The first-order chi connectivity index (χ1) is 10.6. The van der Waals surface area contributed by atoms with Gasteiger partial charge >= 0.3 is 0 Å². The molecule has 4 nitrogen and oxygen atoms in total. The standard InChI is InChI=1S/C17H24FN3O/c1-13(14-6-7-14)19-17(22)12-20-8-10-21(11-9-20)16-5-3-2-4-15(16)18/h2-5,13-14H,6-12H2,1H3,(H,19,22)/t13-/m0/s1. The fourth-order valence-corrected chi connectivity index (χ4v) is 3.07. The summed E-state index contributed by atoms with van der Waals surface area (Å²) in [7, 11) is 0. The summed E-state index contributed by atoms with van der Waals surface area (Å²) in [6, 6.07) is 7.17. The van der Waals surface area contributed by atoms with Gasteiger partial charge in [0.2, 0.25) is 5.91 Å². The van der Waals surface area contributed by atoms with Crippen LogP contribution >= 0.6 is 0 Å². The van der Waals surface area contributed by atoms with Gasteiger partial charge in [0, 0.05) is 32.2 Å². The fourth-order valence-electron chi connectivity index (χ4n) is 3.07. The van der Waals surface area contributed by atoms with Crippen LogP contribution in [0.25, 0.3) is 0 Å². The molecule has 0 aromatic heterocycles. The minimum Gasteiger partial charge on any atom is -0.367 e. The third-order valence-electron chi connectivity index (χ3n) is 4.65. The zero-order valence-electron chi connectivity index (χ0n) is 13.1. The van der Waals surface area contributed by atoms with Crippen LogP contribution in [0.15, 0.2) is 24.3 Å². The molecule has 3 rings (SSSR count). The molecule has 1 saturated carbocycles. The molecule has 0 unspecified atom stereocenters. The largest absolute Gasteiger partial charge is 0.367 e. The number of halogens is 1. The smallest absolute Gasteiger partial charge is 0.234 e. The molecule has 1 atom stereocenters. The molecule has 1 aromatic rings. The maximum atomic E-state index is 13.8. The minimum atomic E-state index is -0.174. The van der Waals surface area contributed by atoms with Crippen LogP contribution in [0.5, 0.6) is 0 Å². The van der Waals surface area contributed by atoms with Crippen LogP contribution in [0.4, 0.5) is 10.1 Å². The Morgan fingerprint density at radius 1 is 1.27 bits per heavy atom. The SMILES string of the molecule is C[C@H](NC(=O)CN1CCN(c2ccccc2F)CC1)C1CC1. The van der Waals surface area contributed by atoms with Gasteiger partial charge in [0.05, 0.1) is 12.2 Å². The fraction of sp³-hybridized carbons (Fsp3) is 0.588. The van der Waals surface area contributed by atoms with Crippen LogP contribution < -0.4 is 10.2 Å². The van der Waals surface area contributed by atoms with Gasteiger partial charge in [0.15, 0.2) is 0 Å². The van der Waals surface area contributed by atoms with E-state index in [0.29, 0.717) is 24.2 Å². The number of benzene rings is 1. The van der Waals surface area contributed by atoms with Gasteiger partial charge in [0.1, 0.15) is 5.82 Å². The second-order valence-electron chi connectivity index (χ2n) is 6.41. The van der Waals surface area contributed by atoms with Crippen molar-refractivity contribution in [3.63, 3.8) is 0 Å². The number of amides is 1. The number of nitrogens with zero attached hydrogens (tertiary/aromatic N) is 2. The highest BCUT2D eigenvalue weighted by Crippen LogP contribution is 2.32. The molecule has 1 aliphatic carbocycles. The molecule has 0 bridgehead atoms. The molecule has 0 spiro atoms. The molecule has 5 heteroatoms. The number of nitrogens with one attached hydrogen (secondary N) is 1. The van der Waals surface area contributed by atoms with Gasteiger partial charge in [-0.2, -0.15) is 0 Å². The van der Waals surface area contributed by atoms with E-state index in [1.54, 1.807) is 6.07 Å². The van der Waals surface area contributed by atoms with E-state index in [-0.39, 0.29) is 11.7 Å². The summed E-state index contributed by atoms with van der Waals surface area (Å²) in [5, 5.41) is 3.09. The second kappa shape index (κ2) is 6.65. The van der Waals surface area contributed by atoms with Crippen LogP contribution in [0.3, 0.4) is 0 Å². The lowest BCUT2D eigenvalue weighted by atomic mass is 10.2. The summed E-state index contributed by atoms with van der Waals surface area (Å²) in [6.45, 7) is 5.63. The van der Waals surface area contributed by atoms with E-state index in [1.807, 2.05) is 12.1 Å². The van der Waals surface area contributed by atoms with Crippen molar-refractivity contribution in [2.45, 2.75) is 25.8 Å². The first kappa shape index (κ1) is 15.3. The zero-order chi connectivity index (χ0) is 15.5. The molecule has 1 N–H and O–H groups in total. The molecular formula is C17H24FN3O. The Kier molecular flexibility index (Phi) is 4.62. The molecule has 2 fully saturated rings. The van der Waals surface area contributed by atoms with E-state index in [0.717, 1.165) is 26.2 Å². The van der Waals surface area contributed by atoms with E-state index >= 15 is 0 Å². The van der Waals surface area contributed by atoms with Crippen molar-refractivity contribution in [3.8, 4) is 0 Å². The average molecular weight is 305 g/mol. The van der Waals surface area contributed by atoms with Gasteiger partial charge in [-0.25, -0.2) is 4.39 Å². The first-order valence-electron chi connectivity index (χ1n) is 8.14. The number of carbonyl (C=O) groups excluding carboxylic acids is 1. The highest BCUT2D eigenvalue weighted by Gasteiger charge is 2.29. The Balaban J connectivity index is 1.45. The summed E-state index contributed by atoms with van der Waals surface area (Å²) in [5.41, 5.74) is 0.661. The Bertz CT molecular complexity index is 524. The molecule has 2 aliphatic rings. The normalized spacial score (nSPS) is 20.7.